The van der Waals surface area contributed by atoms with E-state index in [0.29, 0.717) is 18.2 Å². The van der Waals surface area contributed by atoms with Gasteiger partial charge in [-0.3, -0.25) is 4.90 Å². The Labute approximate surface area is 273 Å². The lowest BCUT2D eigenvalue weighted by Crippen LogP contribution is -2.36. The molecule has 47 heavy (non-hydrogen) atoms. The van der Waals surface area contributed by atoms with E-state index in [-0.39, 0.29) is 24.8 Å². The predicted octanol–water partition coefficient (Wildman–Crippen LogP) is 6.98. The van der Waals surface area contributed by atoms with E-state index in [0.717, 1.165) is 52.3 Å². The highest BCUT2D eigenvalue weighted by molar-refractivity contribution is 5.70. The Morgan fingerprint density at radius 3 is 2.30 bits per heavy atom. The van der Waals surface area contributed by atoms with Gasteiger partial charge in [-0.2, -0.15) is 0 Å². The van der Waals surface area contributed by atoms with Crippen LogP contribution in [0.4, 0.5) is 9.59 Å². The fourth-order valence-corrected chi connectivity index (χ4v) is 5.37. The van der Waals surface area contributed by atoms with Crippen LogP contribution in [0, 0.1) is 0 Å². The Balaban J connectivity index is 1.06. The minimum Gasteiger partial charge on any atom is -0.445 e. The summed E-state index contributed by atoms with van der Waals surface area (Å²) in [6, 6.07) is 16.8. The summed E-state index contributed by atoms with van der Waals surface area (Å²) >= 11 is 0. The van der Waals surface area contributed by atoms with Crippen LogP contribution in [-0.4, -0.2) is 59.1 Å². The number of alkyl carbamates (subject to hydrolysis) is 1. The Bertz CT molecular complexity index is 1810. The molecule has 12 heteroatoms. The topological polar surface area (TPSA) is 151 Å². The predicted molar refractivity (Wildman–Crippen MR) is 176 cm³/mol. The smallest absolute Gasteiger partial charge is 0.410 e. The highest BCUT2D eigenvalue weighted by atomic mass is 16.6. The number of hydrogen-bond acceptors (Lipinski definition) is 8. The number of aromatic nitrogens is 6. The highest BCUT2D eigenvalue weighted by Gasteiger charge is 2.34. The Kier molecular flexibility index (Phi) is 9.01. The quantitative estimate of drug-likeness (QED) is 0.165. The molecule has 6 rings (SSSR count). The van der Waals surface area contributed by atoms with Crippen LogP contribution in [0.15, 0.2) is 79.4 Å². The van der Waals surface area contributed by atoms with Crippen LogP contribution in [0.25, 0.3) is 33.9 Å². The van der Waals surface area contributed by atoms with E-state index in [1.165, 1.54) is 0 Å². The number of ether oxygens (including phenoxy) is 2. The number of imidazole rings is 2. The van der Waals surface area contributed by atoms with Crippen molar-refractivity contribution in [1.29, 1.82) is 0 Å². The number of carbonyl (C=O) groups is 2. The van der Waals surface area contributed by atoms with Crippen molar-refractivity contribution in [3.63, 3.8) is 0 Å². The monoisotopic (exact) mass is 634 g/mol. The van der Waals surface area contributed by atoms with Gasteiger partial charge in [-0.15, -0.1) is 0 Å². The summed E-state index contributed by atoms with van der Waals surface area (Å²) in [6.45, 7) is 8.27. The lowest BCUT2D eigenvalue weighted by atomic mass is 10.1. The van der Waals surface area contributed by atoms with Crippen molar-refractivity contribution < 1.29 is 19.1 Å². The van der Waals surface area contributed by atoms with E-state index in [1.807, 2.05) is 82.3 Å². The first kappa shape index (κ1) is 31.5. The Hall–Kier alpha value is -5.52. The van der Waals surface area contributed by atoms with Crippen molar-refractivity contribution in [3.8, 4) is 33.9 Å². The summed E-state index contributed by atoms with van der Waals surface area (Å²) in [4.78, 5) is 51.6. The zero-order valence-corrected chi connectivity index (χ0v) is 26.9. The third kappa shape index (κ3) is 7.66. The molecule has 12 nitrogen and oxygen atoms in total. The summed E-state index contributed by atoms with van der Waals surface area (Å²) in [6.07, 6.45) is 7.87. The normalized spacial score (nSPS) is 15.3. The third-order valence-corrected chi connectivity index (χ3v) is 7.76. The zero-order chi connectivity index (χ0) is 33.0. The minimum absolute atomic E-state index is 0.163. The van der Waals surface area contributed by atoms with Gasteiger partial charge in [0.2, 0.25) is 0 Å². The average molecular weight is 635 g/mol. The van der Waals surface area contributed by atoms with Crippen LogP contribution in [0.5, 0.6) is 0 Å². The number of hydrogen-bond donors (Lipinski definition) is 3. The molecule has 4 heterocycles. The van der Waals surface area contributed by atoms with Crippen LogP contribution in [0.2, 0.25) is 0 Å². The van der Waals surface area contributed by atoms with Gasteiger partial charge in [-0.25, -0.2) is 29.5 Å². The molecule has 0 spiro atoms. The van der Waals surface area contributed by atoms with Crippen molar-refractivity contribution in [2.75, 3.05) is 6.54 Å². The molecule has 1 aliphatic heterocycles. The molecule has 242 valence electrons. The summed E-state index contributed by atoms with van der Waals surface area (Å²) in [5.41, 5.74) is 4.54. The lowest BCUT2D eigenvalue weighted by Gasteiger charge is -2.27. The number of rotatable bonds is 8. The molecule has 1 fully saturated rings. The van der Waals surface area contributed by atoms with E-state index < -0.39 is 11.7 Å². The fourth-order valence-electron chi connectivity index (χ4n) is 5.37. The Morgan fingerprint density at radius 1 is 0.894 bits per heavy atom. The molecule has 2 atom stereocenters. The average Bonchev–Trinajstić information content (AvgIpc) is 3.85. The van der Waals surface area contributed by atoms with Crippen molar-refractivity contribution in [2.45, 2.75) is 64.8 Å². The number of nitrogens with zero attached hydrogens (tertiary/aromatic N) is 5. The molecular formula is C35H38N8O4. The largest absolute Gasteiger partial charge is 0.445 e. The molecule has 0 saturated carbocycles. The van der Waals surface area contributed by atoms with Crippen LogP contribution >= 0.6 is 0 Å². The summed E-state index contributed by atoms with van der Waals surface area (Å²) in [7, 11) is 0. The SMILES string of the molecule is C[C@H](NC(=O)OCc1ccccc1)c1ncc(-c2ccc(-c3ncc(-c4cnc([C@H]5CCCN5C(=O)OC(C)(C)C)[nH]4)cn3)cc2)[nH]1. The summed E-state index contributed by atoms with van der Waals surface area (Å²) < 4.78 is 10.9. The lowest BCUT2D eigenvalue weighted by molar-refractivity contribution is 0.0218. The molecule has 0 unspecified atom stereocenters. The second-order valence-electron chi connectivity index (χ2n) is 12.5. The molecule has 2 aromatic carbocycles. The van der Waals surface area contributed by atoms with Crippen LogP contribution < -0.4 is 5.32 Å². The van der Waals surface area contributed by atoms with Gasteiger partial charge in [0.05, 0.1) is 35.9 Å². The summed E-state index contributed by atoms with van der Waals surface area (Å²) in [5.74, 6) is 1.93. The van der Waals surface area contributed by atoms with Crippen molar-refractivity contribution in [2.24, 2.45) is 0 Å². The highest BCUT2D eigenvalue weighted by Crippen LogP contribution is 2.33. The Morgan fingerprint density at radius 2 is 1.57 bits per heavy atom. The van der Waals surface area contributed by atoms with Gasteiger partial charge >= 0.3 is 12.2 Å². The molecule has 1 aliphatic rings. The zero-order valence-electron chi connectivity index (χ0n) is 26.9. The first-order valence-corrected chi connectivity index (χ1v) is 15.6. The van der Waals surface area contributed by atoms with E-state index in [1.54, 1.807) is 29.7 Å². The van der Waals surface area contributed by atoms with Crippen molar-refractivity contribution >= 4 is 12.2 Å². The maximum absolute atomic E-state index is 12.7. The fraction of sp³-hybridized carbons (Fsp3) is 0.314. The third-order valence-electron chi connectivity index (χ3n) is 7.76. The molecule has 1 saturated heterocycles. The van der Waals surface area contributed by atoms with E-state index in [4.69, 9.17) is 9.47 Å². The van der Waals surface area contributed by atoms with Crippen molar-refractivity contribution in [1.82, 2.24) is 40.1 Å². The number of likely N-dealkylation sites (tertiary alicyclic amines) is 1. The van der Waals surface area contributed by atoms with Gasteiger partial charge in [0, 0.05) is 30.1 Å². The molecule has 5 aromatic rings. The number of amides is 2. The number of carbonyl (C=O) groups excluding carboxylic acids is 2. The molecule has 2 amide bonds. The maximum Gasteiger partial charge on any atom is 0.410 e. The van der Waals surface area contributed by atoms with Gasteiger partial charge in [0.1, 0.15) is 23.9 Å². The van der Waals surface area contributed by atoms with Gasteiger partial charge in [0.15, 0.2) is 5.82 Å². The second-order valence-corrected chi connectivity index (χ2v) is 12.5. The van der Waals surface area contributed by atoms with Crippen LogP contribution in [0.1, 0.15) is 69.8 Å². The van der Waals surface area contributed by atoms with Gasteiger partial charge < -0.3 is 24.8 Å². The van der Waals surface area contributed by atoms with Crippen LogP contribution in [-0.2, 0) is 16.1 Å². The number of benzene rings is 2. The molecule has 0 bridgehead atoms. The molecule has 3 N–H and O–H groups in total. The molecule has 3 aromatic heterocycles. The number of aromatic amines is 2. The maximum atomic E-state index is 12.7. The van der Waals surface area contributed by atoms with Gasteiger partial charge in [-0.1, -0.05) is 54.6 Å². The van der Waals surface area contributed by atoms with Crippen LogP contribution in [0.3, 0.4) is 0 Å². The van der Waals surface area contributed by atoms with Crippen molar-refractivity contribution in [3.05, 3.63) is 96.6 Å². The standard InChI is InChI=1S/C35H38N8O4/c1-22(40-33(44)46-21-23-9-6-5-7-10-23)30-38-19-27(41-30)24-12-14-25(15-13-24)31-36-17-26(18-37-31)28-20-39-32(42-28)29-11-8-16-43(29)34(45)47-35(2,3)4/h5-7,9-10,12-15,17-20,22,29H,8,11,16,21H2,1-4H3,(H,38,41)(H,39,42)(H,40,44)/t22-,29+/m0/s1. The van der Waals surface area contributed by atoms with Gasteiger partial charge in [-0.05, 0) is 51.7 Å². The number of nitrogens with one attached hydrogen (secondary N) is 3. The van der Waals surface area contributed by atoms with E-state index in [9.17, 15) is 9.59 Å². The van der Waals surface area contributed by atoms with E-state index in [2.05, 4.69) is 35.2 Å². The summed E-state index contributed by atoms with van der Waals surface area (Å²) in [5, 5.41) is 2.81. The second kappa shape index (κ2) is 13.5. The minimum atomic E-state index is -0.557. The molecule has 0 aliphatic carbocycles. The first-order chi connectivity index (χ1) is 22.6. The number of H-pyrrole nitrogens is 2. The first-order valence-electron chi connectivity index (χ1n) is 15.6. The molecular weight excluding hydrogens is 596 g/mol. The van der Waals surface area contributed by atoms with E-state index >= 15 is 0 Å². The van der Waals surface area contributed by atoms with Gasteiger partial charge in [0.25, 0.3) is 0 Å². The molecule has 0 radical (unpaired) electrons.